The van der Waals surface area contributed by atoms with E-state index in [2.05, 4.69) is 21.1 Å². The topological polar surface area (TPSA) is 29.5 Å². The molecule has 0 spiro atoms. The standard InChI is InChI=1S/C7H14NO2P/c1-5-3-6(7(9)10-2)8(11)4-5/h5-6H,3-4,11H2,1-2H3. The maximum Gasteiger partial charge on any atom is 0.323 e. The molecule has 0 N–H and O–H groups in total. The van der Waals surface area contributed by atoms with E-state index in [1.807, 2.05) is 4.67 Å². The summed E-state index contributed by atoms with van der Waals surface area (Å²) in [4.78, 5) is 11.1. The van der Waals surface area contributed by atoms with Crippen molar-refractivity contribution in [3.05, 3.63) is 0 Å². The largest absolute Gasteiger partial charge is 0.468 e. The molecule has 64 valence electrons. The predicted octanol–water partition coefficient (Wildman–Crippen LogP) is 0.660. The van der Waals surface area contributed by atoms with Gasteiger partial charge in [-0.25, -0.2) is 0 Å². The zero-order valence-electron chi connectivity index (χ0n) is 6.91. The number of ether oxygens (including phenoxy) is 1. The van der Waals surface area contributed by atoms with E-state index in [0.717, 1.165) is 13.0 Å². The molecule has 3 unspecified atom stereocenters. The first kappa shape index (κ1) is 8.95. The molecule has 1 saturated heterocycles. The minimum absolute atomic E-state index is 0.0417. The Labute approximate surface area is 69.3 Å². The summed E-state index contributed by atoms with van der Waals surface area (Å²) >= 11 is 0. The average molecular weight is 175 g/mol. The summed E-state index contributed by atoms with van der Waals surface area (Å²) in [6.45, 7) is 3.10. The van der Waals surface area contributed by atoms with Gasteiger partial charge in [-0.1, -0.05) is 16.3 Å². The zero-order chi connectivity index (χ0) is 8.43. The van der Waals surface area contributed by atoms with Gasteiger partial charge in [0, 0.05) is 6.54 Å². The number of rotatable bonds is 1. The fraction of sp³-hybridized carbons (Fsp3) is 0.857. The van der Waals surface area contributed by atoms with Crippen LogP contribution in [0.15, 0.2) is 0 Å². The van der Waals surface area contributed by atoms with Crippen molar-refractivity contribution in [3.63, 3.8) is 0 Å². The molecule has 0 saturated carbocycles. The Hall–Kier alpha value is -0.140. The van der Waals surface area contributed by atoms with Crippen LogP contribution in [0.1, 0.15) is 13.3 Å². The lowest BCUT2D eigenvalue weighted by atomic mass is 10.1. The summed E-state index contributed by atoms with van der Waals surface area (Å²) in [7, 11) is 4.00. The maximum absolute atomic E-state index is 11.1. The first-order valence-electron chi connectivity index (χ1n) is 3.74. The van der Waals surface area contributed by atoms with Crippen molar-refractivity contribution in [2.24, 2.45) is 5.92 Å². The van der Waals surface area contributed by atoms with Gasteiger partial charge in [0.15, 0.2) is 0 Å². The van der Waals surface area contributed by atoms with Crippen LogP contribution in [0.4, 0.5) is 0 Å². The van der Waals surface area contributed by atoms with Crippen molar-refractivity contribution in [3.8, 4) is 0 Å². The number of nitrogens with zero attached hydrogens (tertiary/aromatic N) is 1. The van der Waals surface area contributed by atoms with Gasteiger partial charge >= 0.3 is 5.97 Å². The van der Waals surface area contributed by atoms with Crippen LogP contribution in [0, 0.1) is 5.92 Å². The minimum Gasteiger partial charge on any atom is -0.468 e. The van der Waals surface area contributed by atoms with Crippen molar-refractivity contribution in [2.45, 2.75) is 19.4 Å². The monoisotopic (exact) mass is 175 g/mol. The highest BCUT2D eigenvalue weighted by molar-refractivity contribution is 7.13. The lowest BCUT2D eigenvalue weighted by molar-refractivity contribution is -0.144. The lowest BCUT2D eigenvalue weighted by Crippen LogP contribution is -2.29. The number of carbonyl (C=O) groups excluding carboxylic acids is 1. The molecule has 4 heteroatoms. The van der Waals surface area contributed by atoms with Crippen LogP contribution in [0.25, 0.3) is 0 Å². The highest BCUT2D eigenvalue weighted by Crippen LogP contribution is 2.26. The molecule has 1 heterocycles. The van der Waals surface area contributed by atoms with E-state index in [1.54, 1.807) is 0 Å². The fourth-order valence-corrected chi connectivity index (χ4v) is 2.05. The molecule has 1 aliphatic heterocycles. The molecular formula is C7H14NO2P. The van der Waals surface area contributed by atoms with Crippen LogP contribution in [-0.4, -0.2) is 30.3 Å². The summed E-state index contributed by atoms with van der Waals surface area (Å²) in [6.07, 6.45) is 0.913. The summed E-state index contributed by atoms with van der Waals surface area (Å²) in [5.74, 6) is 0.473. The highest BCUT2D eigenvalue weighted by Gasteiger charge is 2.32. The Morgan fingerprint density at radius 1 is 1.73 bits per heavy atom. The van der Waals surface area contributed by atoms with E-state index in [0.29, 0.717) is 5.92 Å². The molecule has 1 aliphatic rings. The van der Waals surface area contributed by atoms with Crippen molar-refractivity contribution in [1.29, 1.82) is 0 Å². The molecular weight excluding hydrogens is 161 g/mol. The molecule has 0 aromatic carbocycles. The molecule has 0 aliphatic carbocycles. The number of carbonyl (C=O) groups is 1. The van der Waals surface area contributed by atoms with Gasteiger partial charge in [-0.15, -0.1) is 0 Å². The Morgan fingerprint density at radius 2 is 2.36 bits per heavy atom. The van der Waals surface area contributed by atoms with Crippen molar-refractivity contribution in [1.82, 2.24) is 4.67 Å². The third-order valence-electron chi connectivity index (χ3n) is 2.02. The molecule has 0 bridgehead atoms. The van der Waals surface area contributed by atoms with Crippen LogP contribution in [-0.2, 0) is 9.53 Å². The Kier molecular flexibility index (Phi) is 2.85. The minimum atomic E-state index is -0.121. The van der Waals surface area contributed by atoms with Gasteiger partial charge in [-0.05, 0) is 12.3 Å². The molecule has 3 atom stereocenters. The molecule has 11 heavy (non-hydrogen) atoms. The van der Waals surface area contributed by atoms with Crippen molar-refractivity contribution in [2.75, 3.05) is 13.7 Å². The lowest BCUT2D eigenvalue weighted by Gasteiger charge is -2.15. The summed E-state index contributed by atoms with van der Waals surface area (Å²) in [5, 5.41) is 0. The number of hydrogen-bond acceptors (Lipinski definition) is 3. The van der Waals surface area contributed by atoms with E-state index < -0.39 is 0 Å². The van der Waals surface area contributed by atoms with Gasteiger partial charge in [-0.2, -0.15) is 0 Å². The molecule has 0 radical (unpaired) electrons. The first-order valence-corrected chi connectivity index (χ1v) is 4.26. The predicted molar refractivity (Wildman–Crippen MR) is 46.0 cm³/mol. The van der Waals surface area contributed by atoms with Gasteiger partial charge in [0.2, 0.25) is 0 Å². The van der Waals surface area contributed by atoms with Gasteiger partial charge in [0.25, 0.3) is 0 Å². The van der Waals surface area contributed by atoms with E-state index in [9.17, 15) is 4.79 Å². The summed E-state index contributed by atoms with van der Waals surface area (Å²) < 4.78 is 6.63. The second-order valence-electron chi connectivity index (χ2n) is 3.08. The quantitative estimate of drug-likeness (QED) is 0.433. The average Bonchev–Trinajstić information content (AvgIpc) is 2.28. The van der Waals surface area contributed by atoms with Gasteiger partial charge < -0.3 is 4.74 Å². The smallest absolute Gasteiger partial charge is 0.323 e. The third kappa shape index (κ3) is 1.91. The summed E-state index contributed by atoms with van der Waals surface area (Å²) in [6, 6.07) is -0.0417. The highest BCUT2D eigenvalue weighted by atomic mass is 31.0. The van der Waals surface area contributed by atoms with Crippen molar-refractivity contribution >= 4 is 15.4 Å². The van der Waals surface area contributed by atoms with E-state index >= 15 is 0 Å². The number of hydrogen-bond donors (Lipinski definition) is 0. The van der Waals surface area contributed by atoms with E-state index in [4.69, 9.17) is 0 Å². The normalized spacial score (nSPS) is 32.3. The molecule has 3 nitrogen and oxygen atoms in total. The maximum atomic E-state index is 11.1. The molecule has 0 amide bonds. The second-order valence-corrected chi connectivity index (χ2v) is 3.74. The molecule has 0 aromatic heterocycles. The Bertz CT molecular complexity index is 163. The van der Waals surface area contributed by atoms with E-state index in [1.165, 1.54) is 7.11 Å². The second kappa shape index (κ2) is 3.51. The van der Waals surface area contributed by atoms with Gasteiger partial charge in [0.05, 0.1) is 7.11 Å². The van der Waals surface area contributed by atoms with E-state index in [-0.39, 0.29) is 12.0 Å². The Morgan fingerprint density at radius 3 is 2.73 bits per heavy atom. The third-order valence-corrected chi connectivity index (χ3v) is 2.59. The van der Waals surface area contributed by atoms with Crippen LogP contribution in [0.5, 0.6) is 0 Å². The van der Waals surface area contributed by atoms with Gasteiger partial charge in [0.1, 0.15) is 6.04 Å². The molecule has 1 fully saturated rings. The van der Waals surface area contributed by atoms with Crippen molar-refractivity contribution < 1.29 is 9.53 Å². The Balaban J connectivity index is 2.52. The molecule has 0 aromatic rings. The van der Waals surface area contributed by atoms with Crippen LogP contribution >= 0.6 is 9.39 Å². The number of methoxy groups -OCH3 is 1. The SMILES string of the molecule is COC(=O)C1CC(C)CN1P. The van der Waals surface area contributed by atoms with Crippen LogP contribution in [0.2, 0.25) is 0 Å². The van der Waals surface area contributed by atoms with Crippen LogP contribution < -0.4 is 0 Å². The molecule has 1 rings (SSSR count). The summed E-state index contributed by atoms with van der Waals surface area (Å²) in [5.41, 5.74) is 0. The van der Waals surface area contributed by atoms with Gasteiger partial charge in [-0.3, -0.25) is 9.46 Å². The number of esters is 1. The fourth-order valence-electron chi connectivity index (χ4n) is 1.45. The first-order chi connectivity index (χ1) is 5.15. The van der Waals surface area contributed by atoms with Crippen LogP contribution in [0.3, 0.4) is 0 Å². The zero-order valence-corrected chi connectivity index (χ0v) is 8.06.